The van der Waals surface area contributed by atoms with Crippen LogP contribution in [0.2, 0.25) is 0 Å². The Balaban J connectivity index is 1.60. The first-order chi connectivity index (χ1) is 10.1. The summed E-state index contributed by atoms with van der Waals surface area (Å²) in [6, 6.07) is 3.91. The molecule has 1 heterocycles. The molecule has 1 aliphatic heterocycles. The molecule has 0 amide bonds. The normalized spacial score (nSPS) is 37.1. The van der Waals surface area contributed by atoms with Crippen LogP contribution >= 0.6 is 0 Å². The fraction of sp³-hybridized carbons (Fsp3) is 0.944. The Bertz CT molecular complexity index is 401. The quantitative estimate of drug-likeness (QED) is 0.861. The molecule has 0 spiro atoms. The van der Waals surface area contributed by atoms with Gasteiger partial charge in [-0.15, -0.1) is 0 Å². The van der Waals surface area contributed by atoms with Crippen LogP contribution < -0.4 is 5.32 Å². The van der Waals surface area contributed by atoms with E-state index in [-0.39, 0.29) is 5.54 Å². The van der Waals surface area contributed by atoms with Crippen molar-refractivity contribution < 1.29 is 0 Å². The highest BCUT2D eigenvalue weighted by Crippen LogP contribution is 2.39. The summed E-state index contributed by atoms with van der Waals surface area (Å²) < 4.78 is 0. The van der Waals surface area contributed by atoms with Gasteiger partial charge in [-0.25, -0.2) is 0 Å². The monoisotopic (exact) mass is 289 g/mol. The minimum Gasteiger partial charge on any atom is -0.300 e. The second kappa shape index (κ2) is 5.89. The number of rotatable bonds is 4. The predicted octanol–water partition coefficient (Wildman–Crippen LogP) is 3.46. The Morgan fingerprint density at radius 2 is 1.90 bits per heavy atom. The molecule has 2 saturated carbocycles. The van der Waals surface area contributed by atoms with Crippen molar-refractivity contribution in [2.75, 3.05) is 13.1 Å². The van der Waals surface area contributed by atoms with E-state index in [0.717, 1.165) is 12.8 Å². The summed E-state index contributed by atoms with van der Waals surface area (Å²) in [7, 11) is 0. The average Bonchev–Trinajstić information content (AvgIpc) is 3.32. The Hall–Kier alpha value is -0.590. The van der Waals surface area contributed by atoms with Crippen LogP contribution in [0.25, 0.3) is 0 Å². The van der Waals surface area contributed by atoms with Crippen molar-refractivity contribution in [3.05, 3.63) is 0 Å². The molecule has 2 atom stereocenters. The number of piperidine rings is 1. The second-order valence-electron chi connectivity index (χ2n) is 8.06. The third-order valence-electron chi connectivity index (χ3n) is 6.37. The topological polar surface area (TPSA) is 39.1 Å². The van der Waals surface area contributed by atoms with Crippen molar-refractivity contribution in [2.45, 2.75) is 89.3 Å². The lowest BCUT2D eigenvalue weighted by Crippen LogP contribution is -2.55. The summed E-state index contributed by atoms with van der Waals surface area (Å²) in [6.07, 6.45) is 11.1. The van der Waals surface area contributed by atoms with E-state index in [2.05, 4.69) is 30.1 Å². The van der Waals surface area contributed by atoms with Gasteiger partial charge in [-0.1, -0.05) is 20.3 Å². The molecular formula is C18H31N3. The number of hydrogen-bond acceptors (Lipinski definition) is 3. The van der Waals surface area contributed by atoms with Gasteiger partial charge in [0, 0.05) is 12.1 Å². The number of likely N-dealkylation sites (tertiary alicyclic amines) is 1. The van der Waals surface area contributed by atoms with E-state index < -0.39 is 0 Å². The van der Waals surface area contributed by atoms with E-state index in [1.54, 1.807) is 0 Å². The first-order valence-corrected chi connectivity index (χ1v) is 9.01. The van der Waals surface area contributed by atoms with Gasteiger partial charge < -0.3 is 4.90 Å². The standard InChI is InChI=1S/C18H31N3/c1-3-17(2)9-11-21(12-10-17)16-5-4-8-18(13-16,14-19)20-15-6-7-15/h15-16,20H,3-13H2,1-2H3. The van der Waals surface area contributed by atoms with Gasteiger partial charge in [0.1, 0.15) is 5.54 Å². The third-order valence-corrected chi connectivity index (χ3v) is 6.37. The van der Waals surface area contributed by atoms with Crippen LogP contribution in [0.4, 0.5) is 0 Å². The number of nitriles is 1. The zero-order chi connectivity index (χ0) is 14.9. The SMILES string of the molecule is CCC1(C)CCN(C2CCCC(C#N)(NC3CC3)C2)CC1. The minimum atomic E-state index is -0.227. The van der Waals surface area contributed by atoms with Crippen LogP contribution in [0.3, 0.4) is 0 Å². The maximum atomic E-state index is 9.72. The highest BCUT2D eigenvalue weighted by molar-refractivity contribution is 5.13. The smallest absolute Gasteiger partial charge is 0.108 e. The lowest BCUT2D eigenvalue weighted by molar-refractivity contribution is 0.0509. The molecule has 3 aliphatic rings. The van der Waals surface area contributed by atoms with E-state index >= 15 is 0 Å². The van der Waals surface area contributed by atoms with Crippen LogP contribution in [-0.4, -0.2) is 35.6 Å². The van der Waals surface area contributed by atoms with Gasteiger partial charge >= 0.3 is 0 Å². The maximum Gasteiger partial charge on any atom is 0.108 e. The Labute approximate surface area is 130 Å². The zero-order valence-corrected chi connectivity index (χ0v) is 13.8. The van der Waals surface area contributed by atoms with Crippen molar-refractivity contribution in [1.29, 1.82) is 5.26 Å². The van der Waals surface area contributed by atoms with Crippen LogP contribution in [0.5, 0.6) is 0 Å². The molecular weight excluding hydrogens is 258 g/mol. The van der Waals surface area contributed by atoms with Crippen LogP contribution in [-0.2, 0) is 0 Å². The van der Waals surface area contributed by atoms with Crippen LogP contribution in [0.15, 0.2) is 0 Å². The molecule has 3 nitrogen and oxygen atoms in total. The van der Waals surface area contributed by atoms with E-state index in [4.69, 9.17) is 0 Å². The minimum absolute atomic E-state index is 0.227. The Morgan fingerprint density at radius 1 is 1.19 bits per heavy atom. The molecule has 0 bridgehead atoms. The lowest BCUT2D eigenvalue weighted by Gasteiger charge is -2.46. The molecule has 3 rings (SSSR count). The van der Waals surface area contributed by atoms with Crippen LogP contribution in [0, 0.1) is 16.7 Å². The number of nitrogens with zero attached hydrogens (tertiary/aromatic N) is 2. The fourth-order valence-electron chi connectivity index (χ4n) is 4.22. The summed E-state index contributed by atoms with van der Waals surface area (Å²) in [5.41, 5.74) is 0.333. The molecule has 0 aromatic rings. The molecule has 2 unspecified atom stereocenters. The van der Waals surface area contributed by atoms with E-state index in [1.807, 2.05) is 0 Å². The lowest BCUT2D eigenvalue weighted by atomic mass is 9.75. The zero-order valence-electron chi connectivity index (χ0n) is 13.8. The average molecular weight is 289 g/mol. The van der Waals surface area contributed by atoms with Gasteiger partial charge in [-0.05, 0) is 69.9 Å². The second-order valence-corrected chi connectivity index (χ2v) is 8.06. The van der Waals surface area contributed by atoms with Crippen molar-refractivity contribution in [2.24, 2.45) is 5.41 Å². The first kappa shape index (κ1) is 15.3. The highest BCUT2D eigenvalue weighted by Gasteiger charge is 2.43. The van der Waals surface area contributed by atoms with Crippen molar-refractivity contribution in [3.63, 3.8) is 0 Å². The van der Waals surface area contributed by atoms with Crippen LogP contribution in [0.1, 0.15) is 71.6 Å². The van der Waals surface area contributed by atoms with E-state index in [9.17, 15) is 5.26 Å². The summed E-state index contributed by atoms with van der Waals surface area (Å²) in [4.78, 5) is 2.69. The summed E-state index contributed by atoms with van der Waals surface area (Å²) >= 11 is 0. The molecule has 3 heteroatoms. The molecule has 1 saturated heterocycles. The molecule has 3 fully saturated rings. The number of hydrogen-bond donors (Lipinski definition) is 1. The van der Waals surface area contributed by atoms with Crippen molar-refractivity contribution in [3.8, 4) is 6.07 Å². The molecule has 2 aliphatic carbocycles. The molecule has 0 radical (unpaired) electrons. The Kier molecular flexibility index (Phi) is 4.30. The summed E-state index contributed by atoms with van der Waals surface area (Å²) in [5, 5.41) is 13.4. The predicted molar refractivity (Wildman–Crippen MR) is 86.0 cm³/mol. The van der Waals surface area contributed by atoms with Gasteiger partial charge in [0.2, 0.25) is 0 Å². The van der Waals surface area contributed by atoms with Gasteiger partial charge in [0.05, 0.1) is 6.07 Å². The van der Waals surface area contributed by atoms with Crippen molar-refractivity contribution in [1.82, 2.24) is 10.2 Å². The van der Waals surface area contributed by atoms with E-state index in [1.165, 1.54) is 58.0 Å². The summed E-state index contributed by atoms with van der Waals surface area (Å²) in [5.74, 6) is 0. The number of nitrogens with one attached hydrogen (secondary N) is 1. The molecule has 1 N–H and O–H groups in total. The van der Waals surface area contributed by atoms with Gasteiger partial charge in [-0.3, -0.25) is 5.32 Å². The Morgan fingerprint density at radius 3 is 2.48 bits per heavy atom. The highest BCUT2D eigenvalue weighted by atomic mass is 15.2. The van der Waals surface area contributed by atoms with Gasteiger partial charge in [0.25, 0.3) is 0 Å². The molecule has 118 valence electrons. The maximum absolute atomic E-state index is 9.72. The molecule has 21 heavy (non-hydrogen) atoms. The van der Waals surface area contributed by atoms with Crippen molar-refractivity contribution >= 4 is 0 Å². The largest absolute Gasteiger partial charge is 0.300 e. The van der Waals surface area contributed by atoms with E-state index in [0.29, 0.717) is 17.5 Å². The van der Waals surface area contributed by atoms with Gasteiger partial charge in [0.15, 0.2) is 0 Å². The fourth-order valence-corrected chi connectivity index (χ4v) is 4.22. The molecule has 0 aromatic heterocycles. The first-order valence-electron chi connectivity index (χ1n) is 9.01. The summed E-state index contributed by atoms with van der Waals surface area (Å²) in [6.45, 7) is 7.25. The van der Waals surface area contributed by atoms with Gasteiger partial charge in [-0.2, -0.15) is 5.26 Å². The third kappa shape index (κ3) is 3.43. The molecule has 0 aromatic carbocycles.